The van der Waals surface area contributed by atoms with Crippen LogP contribution in [0.4, 0.5) is 11.4 Å². The number of benzene rings is 1. The van der Waals surface area contributed by atoms with Crippen LogP contribution in [0, 0.1) is 0 Å². The van der Waals surface area contributed by atoms with Crippen LogP contribution >= 0.6 is 0 Å². The topological polar surface area (TPSA) is 62.9 Å². The summed E-state index contributed by atoms with van der Waals surface area (Å²) in [7, 11) is 0. The number of nitrogens with zero attached hydrogens (tertiary/aromatic N) is 2. The highest BCUT2D eigenvalue weighted by molar-refractivity contribution is 5.89. The van der Waals surface area contributed by atoms with E-state index in [1.165, 1.54) is 0 Å². The minimum Gasteiger partial charge on any atom is -0.483 e. The van der Waals surface area contributed by atoms with Gasteiger partial charge in [-0.1, -0.05) is 0 Å². The predicted octanol–water partition coefficient (Wildman–Crippen LogP) is 0.986. The number of nitrogens with one attached hydrogen (secondary N) is 1. The van der Waals surface area contributed by atoms with Crippen LogP contribution in [0.5, 0.6) is 5.75 Å². The number of nitrogens with two attached hydrogens (primary N) is 1. The highest BCUT2D eigenvalue weighted by Gasteiger charge is 2.19. The second kappa shape index (κ2) is 4.86. The molecule has 0 spiro atoms. The van der Waals surface area contributed by atoms with Gasteiger partial charge in [-0.15, -0.1) is 0 Å². The predicted molar refractivity (Wildman–Crippen MR) is 72.5 cm³/mol. The fourth-order valence-electron chi connectivity index (χ4n) is 2.32. The van der Waals surface area contributed by atoms with Crippen LogP contribution in [0.3, 0.4) is 0 Å². The van der Waals surface area contributed by atoms with E-state index in [0.717, 1.165) is 49.9 Å². The third kappa shape index (κ3) is 2.26. The molecular weight excluding hydrogens is 228 g/mol. The Balaban J connectivity index is 1.83. The van der Waals surface area contributed by atoms with E-state index >= 15 is 0 Å². The van der Waals surface area contributed by atoms with Crippen molar-refractivity contribution in [3.05, 3.63) is 18.2 Å². The molecule has 3 rings (SSSR count). The number of ether oxygens (including phenoxy) is 1. The number of hydrogen-bond acceptors (Lipinski definition) is 5. The van der Waals surface area contributed by atoms with Gasteiger partial charge in [-0.25, -0.2) is 4.99 Å². The summed E-state index contributed by atoms with van der Waals surface area (Å²) in [6.45, 7) is 4.66. The van der Waals surface area contributed by atoms with Crippen LogP contribution in [0.25, 0.3) is 0 Å². The number of hydrogen-bond donors (Lipinski definition) is 2. The maximum Gasteiger partial charge on any atom is 0.147 e. The Morgan fingerprint density at radius 1 is 1.28 bits per heavy atom. The zero-order chi connectivity index (χ0) is 12.4. The molecule has 0 unspecified atom stereocenters. The maximum absolute atomic E-state index is 5.74. The molecule has 0 atom stereocenters. The van der Waals surface area contributed by atoms with Gasteiger partial charge in [-0.3, -0.25) is 0 Å². The number of fused-ring (bicyclic) bond motifs is 1. The summed E-state index contributed by atoms with van der Waals surface area (Å²) in [4.78, 5) is 6.99. The fourth-order valence-corrected chi connectivity index (χ4v) is 2.32. The van der Waals surface area contributed by atoms with E-state index in [9.17, 15) is 0 Å². The summed E-state index contributed by atoms with van der Waals surface area (Å²) in [5.74, 6) is 1.81. The lowest BCUT2D eigenvalue weighted by atomic mass is 10.2. The van der Waals surface area contributed by atoms with E-state index in [1.807, 2.05) is 18.2 Å². The normalized spacial score (nSPS) is 19.6. The smallest absolute Gasteiger partial charge is 0.147 e. The molecule has 2 heterocycles. The molecule has 0 amide bonds. The molecule has 1 aromatic carbocycles. The lowest BCUT2D eigenvalue weighted by molar-refractivity contribution is 0.334. The van der Waals surface area contributed by atoms with Crippen molar-refractivity contribution in [1.29, 1.82) is 0 Å². The quantitative estimate of drug-likeness (QED) is 0.670. The number of rotatable bonds is 0. The third-order valence-electron chi connectivity index (χ3n) is 3.30. The maximum atomic E-state index is 5.74. The van der Waals surface area contributed by atoms with Crippen LogP contribution in [0.1, 0.15) is 6.42 Å². The van der Waals surface area contributed by atoms with E-state index in [2.05, 4.69) is 15.2 Å². The molecule has 0 saturated carbocycles. The molecule has 2 aliphatic rings. The van der Waals surface area contributed by atoms with Crippen molar-refractivity contribution in [2.75, 3.05) is 38.5 Å². The van der Waals surface area contributed by atoms with Gasteiger partial charge in [0.2, 0.25) is 0 Å². The van der Waals surface area contributed by atoms with Gasteiger partial charge in [-0.2, -0.15) is 0 Å². The molecule has 18 heavy (non-hydrogen) atoms. The van der Waals surface area contributed by atoms with E-state index in [4.69, 9.17) is 10.5 Å². The molecule has 0 radical (unpaired) electrons. The first-order chi connectivity index (χ1) is 8.83. The molecule has 5 nitrogen and oxygen atoms in total. The standard InChI is InChI=1S/C13H18N4O/c14-10-2-3-11-12(8-10)18-9-13(16-11)17-6-1-4-15-5-7-17/h2-3,8,15H,1,4-7,9,14H2. The molecule has 1 aromatic rings. The second-order valence-electron chi connectivity index (χ2n) is 4.63. The summed E-state index contributed by atoms with van der Waals surface area (Å²) >= 11 is 0. The first-order valence-corrected chi connectivity index (χ1v) is 6.38. The summed E-state index contributed by atoms with van der Waals surface area (Å²) < 4.78 is 5.74. The Bertz CT molecular complexity index is 464. The summed E-state index contributed by atoms with van der Waals surface area (Å²) in [5.41, 5.74) is 7.32. The van der Waals surface area contributed by atoms with Crippen LogP contribution in [-0.2, 0) is 0 Å². The van der Waals surface area contributed by atoms with Gasteiger partial charge >= 0.3 is 0 Å². The third-order valence-corrected chi connectivity index (χ3v) is 3.30. The highest BCUT2D eigenvalue weighted by atomic mass is 16.5. The van der Waals surface area contributed by atoms with E-state index < -0.39 is 0 Å². The number of anilines is 1. The van der Waals surface area contributed by atoms with Crippen molar-refractivity contribution < 1.29 is 4.74 Å². The Morgan fingerprint density at radius 2 is 2.22 bits per heavy atom. The van der Waals surface area contributed by atoms with Gasteiger partial charge in [0.15, 0.2) is 0 Å². The molecule has 1 fully saturated rings. The van der Waals surface area contributed by atoms with Crippen LogP contribution < -0.4 is 15.8 Å². The molecule has 0 bridgehead atoms. The van der Waals surface area contributed by atoms with Gasteiger partial charge in [-0.05, 0) is 25.1 Å². The Hall–Kier alpha value is -1.75. The minimum atomic E-state index is 0.538. The van der Waals surface area contributed by atoms with Crippen molar-refractivity contribution in [2.24, 2.45) is 4.99 Å². The number of nitrogen functional groups attached to an aromatic ring is 1. The molecule has 96 valence electrons. The second-order valence-corrected chi connectivity index (χ2v) is 4.63. The average Bonchev–Trinajstić information content (AvgIpc) is 2.67. The average molecular weight is 246 g/mol. The number of aliphatic imine (C=N–C) groups is 1. The zero-order valence-corrected chi connectivity index (χ0v) is 10.4. The SMILES string of the molecule is Nc1ccc2c(c1)OCC(N1CCCNCC1)=N2. The van der Waals surface area contributed by atoms with Gasteiger partial charge in [0.1, 0.15) is 23.9 Å². The van der Waals surface area contributed by atoms with Gasteiger partial charge in [0.05, 0.1) is 0 Å². The molecular formula is C13H18N4O. The summed E-state index contributed by atoms with van der Waals surface area (Å²) in [5, 5.41) is 3.39. The van der Waals surface area contributed by atoms with Crippen LogP contribution in [0.2, 0.25) is 0 Å². The van der Waals surface area contributed by atoms with E-state index in [-0.39, 0.29) is 0 Å². The Morgan fingerprint density at radius 3 is 3.17 bits per heavy atom. The molecule has 0 aliphatic carbocycles. The lowest BCUT2D eigenvalue weighted by Gasteiger charge is -2.27. The van der Waals surface area contributed by atoms with Crippen LogP contribution in [-0.4, -0.2) is 43.5 Å². The molecule has 2 aliphatic heterocycles. The highest BCUT2D eigenvalue weighted by Crippen LogP contribution is 2.32. The van der Waals surface area contributed by atoms with Crippen LogP contribution in [0.15, 0.2) is 23.2 Å². The molecule has 3 N–H and O–H groups in total. The van der Waals surface area contributed by atoms with Crippen molar-refractivity contribution in [3.8, 4) is 5.75 Å². The molecule has 5 heteroatoms. The number of amidine groups is 1. The Kier molecular flexibility index (Phi) is 3.06. The largest absolute Gasteiger partial charge is 0.483 e. The monoisotopic (exact) mass is 246 g/mol. The van der Waals surface area contributed by atoms with Crippen molar-refractivity contribution in [2.45, 2.75) is 6.42 Å². The van der Waals surface area contributed by atoms with E-state index in [1.54, 1.807) is 0 Å². The molecule has 1 saturated heterocycles. The minimum absolute atomic E-state index is 0.538. The fraction of sp³-hybridized carbons (Fsp3) is 0.462. The van der Waals surface area contributed by atoms with Crippen molar-refractivity contribution in [3.63, 3.8) is 0 Å². The van der Waals surface area contributed by atoms with Gasteiger partial charge < -0.3 is 20.7 Å². The first kappa shape index (κ1) is 11.3. The van der Waals surface area contributed by atoms with E-state index in [0.29, 0.717) is 12.3 Å². The van der Waals surface area contributed by atoms with Crippen molar-refractivity contribution >= 4 is 17.2 Å². The molecule has 0 aromatic heterocycles. The van der Waals surface area contributed by atoms with Crippen molar-refractivity contribution in [1.82, 2.24) is 10.2 Å². The summed E-state index contributed by atoms with van der Waals surface area (Å²) in [6.07, 6.45) is 1.15. The Labute approximate surface area is 107 Å². The van der Waals surface area contributed by atoms with Gasteiger partial charge in [0.25, 0.3) is 0 Å². The zero-order valence-electron chi connectivity index (χ0n) is 10.4. The first-order valence-electron chi connectivity index (χ1n) is 6.38. The van der Waals surface area contributed by atoms with Gasteiger partial charge in [0, 0.05) is 31.4 Å². The summed E-state index contributed by atoms with van der Waals surface area (Å²) in [6, 6.07) is 5.61. The lowest BCUT2D eigenvalue weighted by Crippen LogP contribution is -2.38.